The van der Waals surface area contributed by atoms with Gasteiger partial charge < -0.3 is 9.32 Å². The Kier molecular flexibility index (Phi) is 4.02. The maximum Gasteiger partial charge on any atom is 0.246 e. The summed E-state index contributed by atoms with van der Waals surface area (Å²) in [7, 11) is 0. The van der Waals surface area contributed by atoms with Gasteiger partial charge >= 0.3 is 0 Å². The molecular formula is C14H19NO2. The van der Waals surface area contributed by atoms with E-state index in [2.05, 4.69) is 0 Å². The Morgan fingerprint density at radius 2 is 2.29 bits per heavy atom. The topological polar surface area (TPSA) is 33.5 Å². The molecule has 0 atom stereocenters. The summed E-state index contributed by atoms with van der Waals surface area (Å²) in [6.45, 7) is 2.82. The van der Waals surface area contributed by atoms with Crippen LogP contribution in [0, 0.1) is 0 Å². The zero-order valence-corrected chi connectivity index (χ0v) is 10.3. The van der Waals surface area contributed by atoms with Gasteiger partial charge in [-0.1, -0.05) is 12.8 Å². The number of hydrogen-bond donors (Lipinski definition) is 0. The van der Waals surface area contributed by atoms with Crippen molar-refractivity contribution in [3.63, 3.8) is 0 Å². The van der Waals surface area contributed by atoms with Crippen LogP contribution >= 0.6 is 0 Å². The Hall–Kier alpha value is -1.51. The van der Waals surface area contributed by atoms with Gasteiger partial charge in [-0.25, -0.2) is 0 Å². The van der Waals surface area contributed by atoms with Crippen LogP contribution in [0.4, 0.5) is 0 Å². The predicted octanol–water partition coefficient (Wildman–Crippen LogP) is 3.08. The molecule has 0 aliphatic heterocycles. The molecule has 0 saturated heterocycles. The summed E-state index contributed by atoms with van der Waals surface area (Å²) in [5.41, 5.74) is 0. The van der Waals surface area contributed by atoms with Crippen molar-refractivity contribution >= 4 is 12.0 Å². The van der Waals surface area contributed by atoms with Crippen LogP contribution in [-0.2, 0) is 4.79 Å². The normalized spacial score (nSPS) is 16.8. The molecule has 3 heteroatoms. The minimum absolute atomic E-state index is 0.0933. The molecule has 1 aromatic rings. The average molecular weight is 233 g/mol. The van der Waals surface area contributed by atoms with Crippen LogP contribution in [0.2, 0.25) is 0 Å². The predicted molar refractivity (Wildman–Crippen MR) is 67.4 cm³/mol. The second-order valence-corrected chi connectivity index (χ2v) is 4.41. The molecule has 1 amide bonds. The van der Waals surface area contributed by atoms with Crippen molar-refractivity contribution in [2.45, 2.75) is 38.6 Å². The molecule has 1 aliphatic rings. The summed E-state index contributed by atoms with van der Waals surface area (Å²) in [5, 5.41) is 0. The molecule has 0 radical (unpaired) electrons. The first-order valence-electron chi connectivity index (χ1n) is 6.33. The molecule has 0 aromatic carbocycles. The highest BCUT2D eigenvalue weighted by Gasteiger charge is 2.23. The SMILES string of the molecule is CCN(C(=O)/C=C/c1ccco1)C1CCCC1. The Bertz CT molecular complexity index is 375. The van der Waals surface area contributed by atoms with E-state index in [0.717, 1.165) is 25.1 Å². The summed E-state index contributed by atoms with van der Waals surface area (Å²) in [4.78, 5) is 14.0. The van der Waals surface area contributed by atoms with Gasteiger partial charge in [-0.2, -0.15) is 0 Å². The van der Waals surface area contributed by atoms with Crippen molar-refractivity contribution in [3.8, 4) is 0 Å². The molecule has 1 aromatic heterocycles. The number of likely N-dealkylation sites (N-methyl/N-ethyl adjacent to an activating group) is 1. The average Bonchev–Trinajstić information content (AvgIpc) is 3.00. The fourth-order valence-electron chi connectivity index (χ4n) is 2.45. The maximum absolute atomic E-state index is 12.1. The first-order valence-corrected chi connectivity index (χ1v) is 6.33. The van der Waals surface area contributed by atoms with Gasteiger partial charge in [0.2, 0.25) is 5.91 Å². The van der Waals surface area contributed by atoms with Crippen molar-refractivity contribution in [3.05, 3.63) is 30.2 Å². The summed E-state index contributed by atoms with van der Waals surface area (Å²) in [6.07, 6.45) is 9.74. The molecule has 0 spiro atoms. The number of hydrogen-bond acceptors (Lipinski definition) is 2. The monoisotopic (exact) mass is 233 g/mol. The lowest BCUT2D eigenvalue weighted by atomic mass is 10.2. The van der Waals surface area contributed by atoms with E-state index in [4.69, 9.17) is 4.42 Å². The van der Waals surface area contributed by atoms with Crippen LogP contribution in [0.5, 0.6) is 0 Å². The Labute approximate surface area is 102 Å². The molecule has 1 fully saturated rings. The number of carbonyl (C=O) groups is 1. The Morgan fingerprint density at radius 1 is 1.53 bits per heavy atom. The van der Waals surface area contributed by atoms with E-state index < -0.39 is 0 Å². The molecule has 2 rings (SSSR count). The second kappa shape index (κ2) is 5.71. The molecule has 0 bridgehead atoms. The van der Waals surface area contributed by atoms with Crippen LogP contribution in [-0.4, -0.2) is 23.4 Å². The highest BCUT2D eigenvalue weighted by Crippen LogP contribution is 2.23. The van der Waals surface area contributed by atoms with E-state index in [1.165, 1.54) is 12.8 Å². The van der Waals surface area contributed by atoms with E-state index >= 15 is 0 Å². The third-order valence-electron chi connectivity index (χ3n) is 3.32. The largest absolute Gasteiger partial charge is 0.465 e. The summed E-state index contributed by atoms with van der Waals surface area (Å²) in [5.74, 6) is 0.816. The summed E-state index contributed by atoms with van der Waals surface area (Å²) >= 11 is 0. The van der Waals surface area contributed by atoms with E-state index in [1.54, 1.807) is 18.4 Å². The molecule has 1 heterocycles. The van der Waals surface area contributed by atoms with E-state index in [-0.39, 0.29) is 5.91 Å². The highest BCUT2D eigenvalue weighted by molar-refractivity contribution is 5.91. The standard InChI is InChI=1S/C14H19NO2/c1-2-15(12-6-3-4-7-12)14(16)10-9-13-8-5-11-17-13/h5,8-12H,2-4,6-7H2,1H3/b10-9+. The second-order valence-electron chi connectivity index (χ2n) is 4.41. The van der Waals surface area contributed by atoms with Gasteiger partial charge in [0.05, 0.1) is 6.26 Å². The van der Waals surface area contributed by atoms with Crippen LogP contribution in [0.1, 0.15) is 38.4 Å². The lowest BCUT2D eigenvalue weighted by molar-refractivity contribution is -0.127. The van der Waals surface area contributed by atoms with Crippen LogP contribution in [0.15, 0.2) is 28.9 Å². The molecule has 92 valence electrons. The van der Waals surface area contributed by atoms with Crippen molar-refractivity contribution < 1.29 is 9.21 Å². The summed E-state index contributed by atoms with van der Waals surface area (Å²) < 4.78 is 5.17. The van der Waals surface area contributed by atoms with Crippen LogP contribution in [0.3, 0.4) is 0 Å². The quantitative estimate of drug-likeness (QED) is 0.749. The number of furan rings is 1. The fourth-order valence-corrected chi connectivity index (χ4v) is 2.45. The van der Waals surface area contributed by atoms with Crippen molar-refractivity contribution in [2.24, 2.45) is 0 Å². The van der Waals surface area contributed by atoms with E-state index in [0.29, 0.717) is 6.04 Å². The van der Waals surface area contributed by atoms with Crippen molar-refractivity contribution in [2.75, 3.05) is 6.54 Å². The fraction of sp³-hybridized carbons (Fsp3) is 0.500. The maximum atomic E-state index is 12.1. The lowest BCUT2D eigenvalue weighted by Gasteiger charge is -2.26. The lowest BCUT2D eigenvalue weighted by Crippen LogP contribution is -2.37. The number of amides is 1. The van der Waals surface area contributed by atoms with Crippen molar-refractivity contribution in [1.82, 2.24) is 4.90 Å². The third-order valence-corrected chi connectivity index (χ3v) is 3.32. The third kappa shape index (κ3) is 2.99. The summed E-state index contributed by atoms with van der Waals surface area (Å²) in [6, 6.07) is 4.10. The molecule has 0 N–H and O–H groups in total. The zero-order valence-electron chi connectivity index (χ0n) is 10.3. The van der Waals surface area contributed by atoms with Gasteiger partial charge in [-0.15, -0.1) is 0 Å². The highest BCUT2D eigenvalue weighted by atomic mass is 16.3. The van der Waals surface area contributed by atoms with E-state index in [1.807, 2.05) is 24.0 Å². The minimum Gasteiger partial charge on any atom is -0.465 e. The zero-order chi connectivity index (χ0) is 12.1. The van der Waals surface area contributed by atoms with E-state index in [9.17, 15) is 4.79 Å². The molecule has 17 heavy (non-hydrogen) atoms. The smallest absolute Gasteiger partial charge is 0.246 e. The van der Waals surface area contributed by atoms with Gasteiger partial charge in [0.25, 0.3) is 0 Å². The molecule has 1 saturated carbocycles. The van der Waals surface area contributed by atoms with Gasteiger partial charge in [0.1, 0.15) is 5.76 Å². The Morgan fingerprint density at radius 3 is 2.88 bits per heavy atom. The van der Waals surface area contributed by atoms with Gasteiger partial charge in [-0.3, -0.25) is 4.79 Å². The number of rotatable bonds is 4. The number of carbonyl (C=O) groups excluding carboxylic acids is 1. The molecule has 0 unspecified atom stereocenters. The van der Waals surface area contributed by atoms with Crippen molar-refractivity contribution in [1.29, 1.82) is 0 Å². The minimum atomic E-state index is 0.0933. The molecule has 1 aliphatic carbocycles. The molecular weight excluding hydrogens is 214 g/mol. The van der Waals surface area contributed by atoms with Gasteiger partial charge in [-0.05, 0) is 38.0 Å². The Balaban J connectivity index is 1.97. The van der Waals surface area contributed by atoms with Crippen LogP contribution < -0.4 is 0 Å². The van der Waals surface area contributed by atoms with Gasteiger partial charge in [0.15, 0.2) is 0 Å². The number of nitrogens with zero attached hydrogens (tertiary/aromatic N) is 1. The molecule has 3 nitrogen and oxygen atoms in total. The first kappa shape index (κ1) is 12.0. The van der Waals surface area contributed by atoms with Gasteiger partial charge in [0, 0.05) is 18.7 Å². The first-order chi connectivity index (χ1) is 8.31. The van der Waals surface area contributed by atoms with Crippen LogP contribution in [0.25, 0.3) is 6.08 Å².